The van der Waals surface area contributed by atoms with Crippen molar-refractivity contribution in [2.24, 2.45) is 0 Å². The summed E-state index contributed by atoms with van der Waals surface area (Å²) in [6.07, 6.45) is 25.9. The average Bonchev–Trinajstić information content (AvgIpc) is 3.18. The van der Waals surface area contributed by atoms with Gasteiger partial charge in [0, 0.05) is 28.4 Å². The van der Waals surface area contributed by atoms with Gasteiger partial charge in [-0.1, -0.05) is 133 Å². The third-order valence-electron chi connectivity index (χ3n) is 6.36. The van der Waals surface area contributed by atoms with Gasteiger partial charge in [0.15, 0.2) is 0 Å². The van der Waals surface area contributed by atoms with E-state index in [-0.39, 0.29) is 5.83 Å². The highest BCUT2D eigenvalue weighted by molar-refractivity contribution is 5.75. The molecule has 2 N–H and O–H groups in total. The Hall–Kier alpha value is -2.33. The first-order valence-electron chi connectivity index (χ1n) is 17.7. The van der Waals surface area contributed by atoms with Crippen molar-refractivity contribution in [2.45, 2.75) is 146 Å². The minimum atomic E-state index is -0.177. The molecule has 1 aromatic heterocycles. The molecule has 0 bridgehead atoms. The van der Waals surface area contributed by atoms with Crippen LogP contribution in [-0.4, -0.2) is 24.7 Å². The summed E-state index contributed by atoms with van der Waals surface area (Å²) < 4.78 is 19.9. The summed E-state index contributed by atoms with van der Waals surface area (Å²) in [5, 5.41) is 5.37. The zero-order valence-corrected chi connectivity index (χ0v) is 29.9. The molecule has 0 radical (unpaired) electrons. The number of aromatic amines is 1. The molecule has 0 saturated heterocycles. The molecule has 0 amide bonds. The second-order valence-corrected chi connectivity index (χ2v) is 10.7. The number of unbranched alkanes of at least 4 members (excludes halogenated alkanes) is 5. The summed E-state index contributed by atoms with van der Waals surface area (Å²) in [7, 11) is 0. The van der Waals surface area contributed by atoms with Gasteiger partial charge in [-0.2, -0.15) is 0 Å². The molecule has 0 aromatic carbocycles. The Morgan fingerprint density at radius 1 is 0.744 bits per heavy atom. The maximum atomic E-state index is 13.8. The molecule has 0 saturated carbocycles. The lowest BCUT2D eigenvalue weighted by Crippen LogP contribution is -2.21. The van der Waals surface area contributed by atoms with Gasteiger partial charge in [0.05, 0.1) is 6.61 Å². The molecule has 0 fully saturated rings. The molecule has 0 unspecified atom stereocenters. The van der Waals surface area contributed by atoms with Crippen LogP contribution in [0.2, 0.25) is 0 Å². The highest BCUT2D eigenvalue weighted by atomic mass is 19.1. The van der Waals surface area contributed by atoms with Gasteiger partial charge in [-0.3, -0.25) is 0 Å². The van der Waals surface area contributed by atoms with Crippen molar-refractivity contribution in [2.75, 3.05) is 19.7 Å². The molecule has 4 heteroatoms. The minimum absolute atomic E-state index is 0.177. The standard InChI is InChI=1S/C24H31FN2O.C6H14.C4H10.C3H8.C2H6/c1-3-5-13-28-24-11-6-8-18(14-20(24)17-26-12-4-2)23-16-19-15-21(25)9-7-10-22(19)27-23;1-3-5-6-4-2;1-3-4-2;1-3-2;1-2/h8-11,14-16,26-27H,3-7,12-13,17H2,1-2H3;3-6H2,1-2H3;3-4H2,1-2H3;3H2,1-2H3;1-2H3. The van der Waals surface area contributed by atoms with Crippen LogP contribution < -0.4 is 15.9 Å². The Bertz CT molecular complexity index is 1020. The molecular formula is C39H69FN2O. The van der Waals surface area contributed by atoms with Gasteiger partial charge in [-0.05, 0) is 68.2 Å². The Morgan fingerprint density at radius 2 is 1.35 bits per heavy atom. The maximum Gasteiger partial charge on any atom is 0.120 e. The Morgan fingerprint density at radius 3 is 1.91 bits per heavy atom. The zero-order chi connectivity index (χ0) is 32.7. The van der Waals surface area contributed by atoms with Crippen molar-refractivity contribution in [1.29, 1.82) is 0 Å². The summed E-state index contributed by atoms with van der Waals surface area (Å²) in [6.45, 7) is 23.9. The molecule has 3 nitrogen and oxygen atoms in total. The van der Waals surface area contributed by atoms with Gasteiger partial charge < -0.3 is 15.0 Å². The average molecular weight is 601 g/mol. The van der Waals surface area contributed by atoms with Crippen LogP contribution >= 0.6 is 0 Å². The molecule has 1 heterocycles. The SMILES string of the molecule is CC.CCC.CCCC.CCCCCC.CCCCOC1=CCC=C(c2cc3c([nH]2)=CCC=C(F)C=3)C=C1CNCCC. The Labute approximate surface area is 266 Å². The van der Waals surface area contributed by atoms with E-state index >= 15 is 0 Å². The maximum absolute atomic E-state index is 13.8. The molecule has 0 aliphatic heterocycles. The van der Waals surface area contributed by atoms with E-state index in [0.717, 1.165) is 78.5 Å². The lowest BCUT2D eigenvalue weighted by Gasteiger charge is -2.14. The molecule has 3 rings (SSSR count). The second-order valence-electron chi connectivity index (χ2n) is 10.7. The molecule has 248 valence electrons. The van der Waals surface area contributed by atoms with Gasteiger partial charge in [0.25, 0.3) is 0 Å². The minimum Gasteiger partial charge on any atom is -0.494 e. The van der Waals surface area contributed by atoms with Gasteiger partial charge in [0.2, 0.25) is 0 Å². The van der Waals surface area contributed by atoms with E-state index in [1.165, 1.54) is 44.9 Å². The van der Waals surface area contributed by atoms with Crippen LogP contribution in [0.25, 0.3) is 17.7 Å². The molecule has 1 aromatic rings. The summed E-state index contributed by atoms with van der Waals surface area (Å²) in [5.41, 5.74) is 3.30. The van der Waals surface area contributed by atoms with Crippen LogP contribution in [0.1, 0.15) is 152 Å². The van der Waals surface area contributed by atoms with Crippen molar-refractivity contribution < 1.29 is 9.13 Å². The summed E-state index contributed by atoms with van der Waals surface area (Å²) in [5.74, 6) is 0.798. The van der Waals surface area contributed by atoms with E-state index in [1.54, 1.807) is 12.2 Å². The smallest absolute Gasteiger partial charge is 0.120 e. The molecule has 0 atom stereocenters. The van der Waals surface area contributed by atoms with Crippen molar-refractivity contribution in [1.82, 2.24) is 10.3 Å². The van der Waals surface area contributed by atoms with Crippen molar-refractivity contribution in [3.05, 3.63) is 63.8 Å². The summed E-state index contributed by atoms with van der Waals surface area (Å²) in [6, 6.07) is 2.03. The van der Waals surface area contributed by atoms with Crippen LogP contribution in [-0.2, 0) is 4.74 Å². The first-order chi connectivity index (χ1) is 20.9. The normalized spacial score (nSPS) is 13.2. The quantitative estimate of drug-likeness (QED) is 0.221. The fraction of sp³-hybridized carbons (Fsp3) is 0.641. The van der Waals surface area contributed by atoms with E-state index in [4.69, 9.17) is 4.74 Å². The fourth-order valence-corrected chi connectivity index (χ4v) is 3.87. The third-order valence-corrected chi connectivity index (χ3v) is 6.36. The largest absolute Gasteiger partial charge is 0.494 e. The topological polar surface area (TPSA) is 37.0 Å². The predicted molar refractivity (Wildman–Crippen MR) is 193 cm³/mol. The van der Waals surface area contributed by atoms with E-state index < -0.39 is 0 Å². The molecule has 0 spiro atoms. The summed E-state index contributed by atoms with van der Waals surface area (Å²) >= 11 is 0. The Balaban J connectivity index is 0. The van der Waals surface area contributed by atoms with Crippen LogP contribution in [0.5, 0.6) is 0 Å². The number of halogens is 1. The van der Waals surface area contributed by atoms with Gasteiger partial charge >= 0.3 is 0 Å². The number of hydrogen-bond donors (Lipinski definition) is 2. The lowest BCUT2D eigenvalue weighted by atomic mass is 10.1. The number of allylic oxidation sites excluding steroid dienone is 6. The van der Waals surface area contributed by atoms with E-state index in [2.05, 4.69) is 83.9 Å². The van der Waals surface area contributed by atoms with Crippen molar-refractivity contribution in [3.63, 3.8) is 0 Å². The second kappa shape index (κ2) is 31.1. The lowest BCUT2D eigenvalue weighted by molar-refractivity contribution is 0.213. The molecule has 2 aliphatic rings. The molecule has 2 aliphatic carbocycles. The molecular weight excluding hydrogens is 531 g/mol. The van der Waals surface area contributed by atoms with Crippen molar-refractivity contribution >= 4 is 17.7 Å². The van der Waals surface area contributed by atoms with Crippen LogP contribution in [0.15, 0.2) is 47.5 Å². The van der Waals surface area contributed by atoms with Crippen LogP contribution in [0, 0.1) is 0 Å². The monoisotopic (exact) mass is 601 g/mol. The number of rotatable bonds is 13. The van der Waals surface area contributed by atoms with Gasteiger partial charge in [-0.25, -0.2) is 4.39 Å². The van der Waals surface area contributed by atoms with E-state index in [0.29, 0.717) is 6.42 Å². The number of aromatic nitrogens is 1. The number of hydrogen-bond acceptors (Lipinski definition) is 2. The number of nitrogens with one attached hydrogen (secondary N) is 2. The van der Waals surface area contributed by atoms with Crippen LogP contribution in [0.3, 0.4) is 0 Å². The van der Waals surface area contributed by atoms with Gasteiger partial charge in [-0.15, -0.1) is 0 Å². The number of H-pyrrole nitrogens is 1. The third kappa shape index (κ3) is 21.1. The van der Waals surface area contributed by atoms with Crippen molar-refractivity contribution in [3.8, 4) is 0 Å². The van der Waals surface area contributed by atoms with Gasteiger partial charge in [0.1, 0.15) is 11.6 Å². The number of fused-ring (bicyclic) bond motifs is 1. The van der Waals surface area contributed by atoms with Crippen LogP contribution in [0.4, 0.5) is 4.39 Å². The molecule has 43 heavy (non-hydrogen) atoms. The Kier molecular flexibility index (Phi) is 31.0. The first kappa shape index (κ1) is 42.8. The van der Waals surface area contributed by atoms with E-state index in [1.807, 2.05) is 26.0 Å². The highest BCUT2D eigenvalue weighted by Crippen LogP contribution is 2.24. The van der Waals surface area contributed by atoms with E-state index in [9.17, 15) is 4.39 Å². The first-order valence-corrected chi connectivity index (χ1v) is 17.7. The number of ether oxygens (including phenoxy) is 1. The zero-order valence-electron chi connectivity index (χ0n) is 29.9. The highest BCUT2D eigenvalue weighted by Gasteiger charge is 2.13. The fourth-order valence-electron chi connectivity index (χ4n) is 3.87. The predicted octanol–water partition coefficient (Wildman–Crippen LogP) is 11.1. The summed E-state index contributed by atoms with van der Waals surface area (Å²) in [4.78, 5) is 3.46.